The van der Waals surface area contributed by atoms with Crippen molar-refractivity contribution in [2.75, 3.05) is 4.90 Å². The summed E-state index contributed by atoms with van der Waals surface area (Å²) in [6.07, 6.45) is 0. The maximum atomic E-state index is 9.86. The van der Waals surface area contributed by atoms with E-state index in [-0.39, 0.29) is 0 Å². The zero-order chi connectivity index (χ0) is 48.0. The SMILES string of the molecule is N#Cc1ccc(N(c2ccc3c(c2)c2ccccc2n3-c2ccccc2)c2ccc3c(c2)c2cc(-c4cc[c]([Ge]([c]5ccccc5)([c]5ccccc5)[c]5ccccc5)cc4)ccc2n3-c2ccccc2)cc1. The predicted molar refractivity (Wildman–Crippen MR) is 304 cm³/mol. The fraction of sp³-hybridized carbons (Fsp3) is 0. The first-order valence-corrected chi connectivity index (χ1v) is 28.7. The number of benzene rings is 11. The Kier molecular flexibility index (Phi) is 10.7. The Morgan fingerprint density at radius 1 is 0.306 bits per heavy atom. The van der Waals surface area contributed by atoms with Crippen molar-refractivity contribution in [3.63, 3.8) is 0 Å². The molecule has 0 atom stereocenters. The van der Waals surface area contributed by atoms with Crippen molar-refractivity contribution in [3.8, 4) is 28.6 Å². The van der Waals surface area contributed by atoms with Gasteiger partial charge in [-0.25, -0.2) is 0 Å². The molecule has 338 valence electrons. The number of fused-ring (bicyclic) bond motifs is 6. The van der Waals surface area contributed by atoms with Crippen molar-refractivity contribution in [2.24, 2.45) is 0 Å². The molecule has 0 aliphatic carbocycles. The fourth-order valence-electron chi connectivity index (χ4n) is 11.2. The monoisotopic (exact) mass is 980 g/mol. The van der Waals surface area contributed by atoms with Crippen molar-refractivity contribution in [3.05, 3.63) is 285 Å². The van der Waals surface area contributed by atoms with Crippen LogP contribution < -0.4 is 22.5 Å². The molecule has 2 aromatic heterocycles. The Hall–Kier alpha value is -9.15. The van der Waals surface area contributed by atoms with Gasteiger partial charge < -0.3 is 4.57 Å². The minimum Gasteiger partial charge on any atom is -0.0423 e. The summed E-state index contributed by atoms with van der Waals surface area (Å²) in [5, 5.41) is 14.5. The van der Waals surface area contributed by atoms with E-state index < -0.39 is 13.3 Å². The zero-order valence-electron chi connectivity index (χ0n) is 39.3. The van der Waals surface area contributed by atoms with Crippen LogP contribution in [0.2, 0.25) is 0 Å². The third kappa shape index (κ3) is 7.13. The van der Waals surface area contributed by atoms with Crippen LogP contribution >= 0.6 is 0 Å². The molecule has 72 heavy (non-hydrogen) atoms. The average molecular weight is 980 g/mol. The number of hydrogen-bond donors (Lipinski definition) is 0. The molecule has 0 aliphatic heterocycles. The van der Waals surface area contributed by atoms with Crippen molar-refractivity contribution in [1.82, 2.24) is 9.13 Å². The van der Waals surface area contributed by atoms with Gasteiger partial charge in [0.2, 0.25) is 0 Å². The molecule has 0 N–H and O–H groups in total. The number of anilines is 3. The Labute approximate surface area is 421 Å². The van der Waals surface area contributed by atoms with E-state index in [9.17, 15) is 5.26 Å². The molecule has 0 bridgehead atoms. The number of para-hydroxylation sites is 3. The van der Waals surface area contributed by atoms with Crippen LogP contribution in [-0.2, 0) is 0 Å². The molecule has 0 saturated heterocycles. The largest absolute Gasteiger partial charge is 0.0423 e. The standard InChI is InChI=1S/C67H46GeN4/c69-47-48-30-37-57(38-31-48)70(58-39-42-66-62(45-58)60-28-16-17-29-64(60)71(66)55-24-12-4-13-25-55)59-40-43-67-63(46-59)61-44-50(34-41-65(61)72(67)56-26-14-5-15-27-56)49-32-35-54(36-33-49)68(51-18-6-1-7-19-51,52-20-8-2-9-21-52)53-22-10-3-11-23-53/h1-46H. The van der Waals surface area contributed by atoms with Crippen LogP contribution in [0, 0.1) is 11.3 Å². The van der Waals surface area contributed by atoms with E-state index in [1.54, 1.807) is 0 Å². The summed E-state index contributed by atoms with van der Waals surface area (Å²) < 4.78 is 10.3. The summed E-state index contributed by atoms with van der Waals surface area (Å²) in [5.41, 5.74) is 12.8. The van der Waals surface area contributed by atoms with E-state index in [4.69, 9.17) is 0 Å². The number of nitrogens with zero attached hydrogens (tertiary/aromatic N) is 4. The van der Waals surface area contributed by atoms with Crippen LogP contribution in [0.15, 0.2) is 279 Å². The molecule has 11 aromatic carbocycles. The van der Waals surface area contributed by atoms with Gasteiger partial charge in [-0.05, 0) is 60.7 Å². The van der Waals surface area contributed by atoms with E-state index in [1.807, 2.05) is 12.1 Å². The molecule has 13 rings (SSSR count). The summed E-state index contributed by atoms with van der Waals surface area (Å²) in [5.74, 6) is 0. The van der Waals surface area contributed by atoms with Gasteiger partial charge in [-0.2, -0.15) is 5.26 Å². The molecule has 13 aromatic rings. The Bertz CT molecular complexity index is 4030. The first-order valence-electron chi connectivity index (χ1n) is 24.5. The second kappa shape index (κ2) is 18.0. The number of nitriles is 1. The molecule has 0 unspecified atom stereocenters. The van der Waals surface area contributed by atoms with Crippen molar-refractivity contribution < 1.29 is 0 Å². The summed E-state index contributed by atoms with van der Waals surface area (Å²) in [4.78, 5) is 2.33. The topological polar surface area (TPSA) is 36.9 Å². The van der Waals surface area contributed by atoms with Crippen LogP contribution in [-0.4, -0.2) is 22.4 Å². The van der Waals surface area contributed by atoms with E-state index >= 15 is 0 Å². The molecule has 0 radical (unpaired) electrons. The van der Waals surface area contributed by atoms with E-state index in [1.165, 1.54) is 39.3 Å². The maximum absolute atomic E-state index is 9.86. The van der Waals surface area contributed by atoms with Gasteiger partial charge >= 0.3 is 272 Å². The maximum Gasteiger partial charge on any atom is -0.0367 e. The van der Waals surface area contributed by atoms with Gasteiger partial charge in [-0.3, -0.25) is 0 Å². The van der Waals surface area contributed by atoms with Gasteiger partial charge in [0.25, 0.3) is 0 Å². The Balaban J connectivity index is 0.988. The van der Waals surface area contributed by atoms with E-state index in [0.717, 1.165) is 61.5 Å². The van der Waals surface area contributed by atoms with E-state index in [0.29, 0.717) is 5.56 Å². The zero-order valence-corrected chi connectivity index (χ0v) is 41.4. The van der Waals surface area contributed by atoms with Gasteiger partial charge in [-0.1, -0.05) is 42.5 Å². The summed E-state index contributed by atoms with van der Waals surface area (Å²) in [6, 6.07) is 104. The van der Waals surface area contributed by atoms with Gasteiger partial charge in [0, 0.05) is 16.5 Å². The molecule has 0 saturated carbocycles. The molecular weight excluding hydrogens is 933 g/mol. The van der Waals surface area contributed by atoms with Crippen LogP contribution in [0.5, 0.6) is 0 Å². The number of aromatic nitrogens is 2. The van der Waals surface area contributed by atoms with Crippen molar-refractivity contribution in [2.45, 2.75) is 0 Å². The smallest absolute Gasteiger partial charge is 0.0367 e. The minimum absolute atomic E-state index is 0.621. The first kappa shape index (κ1) is 42.9. The van der Waals surface area contributed by atoms with Gasteiger partial charge in [0.05, 0.1) is 22.7 Å². The molecule has 5 heteroatoms. The molecule has 0 fully saturated rings. The first-order chi connectivity index (χ1) is 35.7. The quantitative estimate of drug-likeness (QED) is 0.128. The molecule has 0 spiro atoms. The molecule has 2 heterocycles. The summed E-state index contributed by atoms with van der Waals surface area (Å²) in [7, 11) is 0. The van der Waals surface area contributed by atoms with Crippen molar-refractivity contribution >= 4 is 91.5 Å². The summed E-state index contributed by atoms with van der Waals surface area (Å²) >= 11 is -3.44. The molecule has 0 aliphatic rings. The summed E-state index contributed by atoms with van der Waals surface area (Å²) in [6.45, 7) is 0. The normalized spacial score (nSPS) is 11.6. The third-order valence-corrected chi connectivity index (χ3v) is 24.5. The van der Waals surface area contributed by atoms with Crippen LogP contribution in [0.1, 0.15) is 5.56 Å². The molecule has 4 nitrogen and oxygen atoms in total. The third-order valence-electron chi connectivity index (χ3n) is 14.5. The molecular formula is C67H46GeN4. The second-order valence-corrected chi connectivity index (χ2v) is 26.4. The van der Waals surface area contributed by atoms with Crippen LogP contribution in [0.3, 0.4) is 0 Å². The van der Waals surface area contributed by atoms with Crippen molar-refractivity contribution in [1.29, 1.82) is 5.26 Å². The predicted octanol–water partition coefficient (Wildman–Crippen LogP) is 14.3. The fourth-order valence-corrected chi connectivity index (χ4v) is 21.2. The number of rotatable bonds is 10. The minimum atomic E-state index is -3.44. The Morgan fingerprint density at radius 3 is 1.18 bits per heavy atom. The van der Waals surface area contributed by atoms with Gasteiger partial charge in [0.1, 0.15) is 0 Å². The van der Waals surface area contributed by atoms with Crippen LogP contribution in [0.25, 0.3) is 66.1 Å². The average Bonchev–Trinajstić information content (AvgIpc) is 3.97. The van der Waals surface area contributed by atoms with E-state index in [2.05, 4.69) is 287 Å². The molecule has 0 amide bonds. The Morgan fingerprint density at radius 2 is 0.681 bits per heavy atom. The second-order valence-electron chi connectivity index (χ2n) is 18.4. The van der Waals surface area contributed by atoms with Crippen LogP contribution in [0.4, 0.5) is 17.1 Å². The van der Waals surface area contributed by atoms with Gasteiger partial charge in [-0.15, -0.1) is 0 Å². The number of hydrogen-bond acceptors (Lipinski definition) is 2. The van der Waals surface area contributed by atoms with Gasteiger partial charge in [0.15, 0.2) is 0 Å².